The molecule has 32 heavy (non-hydrogen) atoms. The molecule has 1 aromatic carbocycles. The molecule has 1 aliphatic heterocycles. The van der Waals surface area contributed by atoms with E-state index in [4.69, 9.17) is 9.72 Å². The summed E-state index contributed by atoms with van der Waals surface area (Å²) in [6.45, 7) is 3.30. The van der Waals surface area contributed by atoms with Crippen LogP contribution in [0.4, 0.5) is 0 Å². The Bertz CT molecular complexity index is 1070. The fourth-order valence-electron chi connectivity index (χ4n) is 7.45. The highest BCUT2D eigenvalue weighted by atomic mass is 32.2. The maximum Gasteiger partial charge on any atom is 0.262 e. The molecule has 7 rings (SSSR count). The van der Waals surface area contributed by atoms with Gasteiger partial charge in [-0.1, -0.05) is 23.9 Å². The molecular weight excluding hydrogens is 420 g/mol. The lowest BCUT2D eigenvalue weighted by Gasteiger charge is -2.56. The fourth-order valence-corrected chi connectivity index (χ4v) is 8.55. The van der Waals surface area contributed by atoms with E-state index >= 15 is 0 Å². The molecule has 0 spiro atoms. The number of aromatic nitrogens is 2. The van der Waals surface area contributed by atoms with Crippen molar-refractivity contribution in [2.75, 3.05) is 6.61 Å². The number of carbonyl (C=O) groups is 1. The average molecular weight is 453 g/mol. The van der Waals surface area contributed by atoms with Crippen molar-refractivity contribution < 1.29 is 9.53 Å². The third-order valence-electron chi connectivity index (χ3n) is 8.45. The number of benzene rings is 1. The molecule has 1 aromatic heterocycles. The van der Waals surface area contributed by atoms with Crippen molar-refractivity contribution in [2.45, 2.75) is 81.3 Å². The summed E-state index contributed by atoms with van der Waals surface area (Å²) in [5.41, 5.74) is 0.554. The summed E-state index contributed by atoms with van der Waals surface area (Å²) >= 11 is 1.49. The maximum atomic E-state index is 13.8. The maximum absolute atomic E-state index is 13.8. The van der Waals surface area contributed by atoms with Gasteiger partial charge in [0.05, 0.1) is 28.8 Å². The van der Waals surface area contributed by atoms with Crippen molar-refractivity contribution in [3.8, 4) is 0 Å². The molecule has 4 bridgehead atoms. The highest BCUT2D eigenvalue weighted by molar-refractivity contribution is 8.00. The third-order valence-corrected chi connectivity index (χ3v) is 9.54. The summed E-state index contributed by atoms with van der Waals surface area (Å²) < 4.78 is 7.60. The molecule has 0 radical (unpaired) electrons. The third kappa shape index (κ3) is 3.54. The molecule has 5 nitrogen and oxygen atoms in total. The van der Waals surface area contributed by atoms with Crippen LogP contribution in [0.2, 0.25) is 0 Å². The molecule has 5 aliphatic rings. The molecule has 4 aliphatic carbocycles. The van der Waals surface area contributed by atoms with Crippen LogP contribution in [0.25, 0.3) is 10.9 Å². The van der Waals surface area contributed by atoms with Crippen LogP contribution in [0.15, 0.2) is 34.2 Å². The zero-order valence-electron chi connectivity index (χ0n) is 18.8. The highest BCUT2D eigenvalue weighted by Gasteiger charge is 2.55. The Kier molecular flexibility index (Phi) is 5.22. The summed E-state index contributed by atoms with van der Waals surface area (Å²) in [6, 6.07) is 7.53. The SMILES string of the molecule is CC(Sc1nc2ccccc2c(=O)n1CC1CCCO1)C(=O)C12CC3CC(CC(C3)C1)C2. The Morgan fingerprint density at radius 1 is 1.19 bits per heavy atom. The van der Waals surface area contributed by atoms with E-state index in [0.29, 0.717) is 28.4 Å². The molecule has 170 valence electrons. The minimum absolute atomic E-state index is 0.0250. The number of rotatable bonds is 6. The second kappa shape index (κ2) is 7.98. The number of para-hydroxylation sites is 1. The topological polar surface area (TPSA) is 61.2 Å². The predicted molar refractivity (Wildman–Crippen MR) is 126 cm³/mol. The van der Waals surface area contributed by atoms with Crippen molar-refractivity contribution in [3.63, 3.8) is 0 Å². The molecule has 2 atom stereocenters. The van der Waals surface area contributed by atoms with Crippen molar-refractivity contribution in [3.05, 3.63) is 34.6 Å². The van der Waals surface area contributed by atoms with E-state index in [2.05, 4.69) is 0 Å². The van der Waals surface area contributed by atoms with Gasteiger partial charge in [0, 0.05) is 12.0 Å². The first-order valence-electron chi connectivity index (χ1n) is 12.3. The first-order chi connectivity index (χ1) is 15.5. The Morgan fingerprint density at radius 2 is 1.88 bits per heavy atom. The van der Waals surface area contributed by atoms with Crippen molar-refractivity contribution >= 4 is 28.4 Å². The first-order valence-corrected chi connectivity index (χ1v) is 13.2. The van der Waals surface area contributed by atoms with Crippen LogP contribution in [0.5, 0.6) is 0 Å². The molecule has 0 amide bonds. The zero-order valence-corrected chi connectivity index (χ0v) is 19.6. The van der Waals surface area contributed by atoms with Gasteiger partial charge in [-0.25, -0.2) is 4.98 Å². The fraction of sp³-hybridized carbons (Fsp3) is 0.654. The Morgan fingerprint density at radius 3 is 2.53 bits per heavy atom. The van der Waals surface area contributed by atoms with Crippen molar-refractivity contribution in [2.24, 2.45) is 23.2 Å². The van der Waals surface area contributed by atoms with Crippen LogP contribution in [-0.2, 0) is 16.1 Å². The molecule has 6 heteroatoms. The monoisotopic (exact) mass is 452 g/mol. The number of Topliss-reactive ketones (excluding diaryl/α,β-unsaturated/α-hetero) is 1. The van der Waals surface area contributed by atoms with Crippen LogP contribution < -0.4 is 5.56 Å². The number of thioether (sulfide) groups is 1. The molecule has 2 unspecified atom stereocenters. The normalized spacial score (nSPS) is 34.3. The average Bonchev–Trinajstić information content (AvgIpc) is 3.28. The van der Waals surface area contributed by atoms with Gasteiger partial charge in [0.1, 0.15) is 0 Å². The van der Waals surface area contributed by atoms with Gasteiger partial charge in [-0.3, -0.25) is 14.2 Å². The number of hydrogen-bond acceptors (Lipinski definition) is 5. The Labute approximate surface area is 193 Å². The van der Waals surface area contributed by atoms with Gasteiger partial charge in [-0.15, -0.1) is 0 Å². The van der Waals surface area contributed by atoms with Crippen molar-refractivity contribution in [1.82, 2.24) is 9.55 Å². The van der Waals surface area contributed by atoms with E-state index < -0.39 is 0 Å². The summed E-state index contributed by atoms with van der Waals surface area (Å²) in [4.78, 5) is 32.1. The lowest BCUT2D eigenvalue weighted by atomic mass is 9.48. The van der Waals surface area contributed by atoms with Crippen LogP contribution in [0.1, 0.15) is 58.3 Å². The van der Waals surface area contributed by atoms with Gasteiger partial charge in [-0.2, -0.15) is 0 Å². The van der Waals surface area contributed by atoms with Gasteiger partial charge >= 0.3 is 0 Å². The lowest BCUT2D eigenvalue weighted by molar-refractivity contribution is -0.143. The quantitative estimate of drug-likeness (QED) is 0.464. The Hall–Kier alpha value is -1.66. The summed E-state index contributed by atoms with van der Waals surface area (Å²) in [5.74, 6) is 2.64. The minimum atomic E-state index is -0.199. The van der Waals surface area contributed by atoms with Crippen molar-refractivity contribution in [1.29, 1.82) is 0 Å². The second-order valence-electron chi connectivity index (χ2n) is 10.8. The number of fused-ring (bicyclic) bond motifs is 1. The van der Waals surface area contributed by atoms with Gasteiger partial charge in [-0.05, 0) is 88.2 Å². The molecule has 4 saturated carbocycles. The van der Waals surface area contributed by atoms with Crippen LogP contribution >= 0.6 is 11.8 Å². The van der Waals surface area contributed by atoms with E-state index in [1.165, 1.54) is 31.0 Å². The predicted octanol–water partition coefficient (Wildman–Crippen LogP) is 4.84. The molecule has 0 N–H and O–H groups in total. The molecule has 5 fully saturated rings. The zero-order chi connectivity index (χ0) is 21.9. The molecule has 2 heterocycles. The standard InChI is InChI=1S/C26H32N2O3S/c1-16(23(29)26-12-17-9-18(13-26)11-19(10-17)14-26)32-25-27-22-7-3-2-6-21(22)24(30)28(25)15-20-5-4-8-31-20/h2-3,6-7,16-20H,4-5,8-15H2,1H3. The van der Waals surface area contributed by atoms with Crippen LogP contribution in [-0.4, -0.2) is 33.3 Å². The smallest absolute Gasteiger partial charge is 0.262 e. The van der Waals surface area contributed by atoms with Gasteiger partial charge in [0.15, 0.2) is 10.9 Å². The molecule has 1 saturated heterocycles. The van der Waals surface area contributed by atoms with Crippen LogP contribution in [0.3, 0.4) is 0 Å². The summed E-state index contributed by atoms with van der Waals surface area (Å²) in [7, 11) is 0. The van der Waals surface area contributed by atoms with E-state index in [1.807, 2.05) is 31.2 Å². The number of carbonyl (C=O) groups excluding carboxylic acids is 1. The largest absolute Gasteiger partial charge is 0.376 e. The molecule has 2 aromatic rings. The molecular formula is C26H32N2O3S. The van der Waals surface area contributed by atoms with Gasteiger partial charge in [0.2, 0.25) is 0 Å². The van der Waals surface area contributed by atoms with Gasteiger partial charge < -0.3 is 4.74 Å². The second-order valence-corrected chi connectivity index (χ2v) is 12.1. The van der Waals surface area contributed by atoms with E-state index in [-0.39, 0.29) is 22.3 Å². The van der Waals surface area contributed by atoms with E-state index in [0.717, 1.165) is 56.5 Å². The van der Waals surface area contributed by atoms with Crippen LogP contribution in [0, 0.1) is 23.2 Å². The first kappa shape index (κ1) is 20.9. The summed E-state index contributed by atoms with van der Waals surface area (Å²) in [6.07, 6.45) is 9.28. The highest BCUT2D eigenvalue weighted by Crippen LogP contribution is 2.61. The summed E-state index contributed by atoms with van der Waals surface area (Å²) in [5, 5.41) is 1.10. The Balaban J connectivity index is 1.31. The number of hydrogen-bond donors (Lipinski definition) is 0. The van der Waals surface area contributed by atoms with E-state index in [9.17, 15) is 9.59 Å². The number of ketones is 1. The van der Waals surface area contributed by atoms with Gasteiger partial charge in [0.25, 0.3) is 5.56 Å². The minimum Gasteiger partial charge on any atom is -0.376 e. The number of ether oxygens (including phenoxy) is 1. The van der Waals surface area contributed by atoms with E-state index in [1.54, 1.807) is 4.57 Å². The number of nitrogens with zero attached hydrogens (tertiary/aromatic N) is 2. The lowest BCUT2D eigenvalue weighted by Crippen LogP contribution is -2.51.